The molecular formula is C21H17N3O3. The van der Waals surface area contributed by atoms with Gasteiger partial charge in [-0.1, -0.05) is 30.4 Å². The third-order valence-electron chi connectivity index (χ3n) is 8.70. The zero-order valence-electron chi connectivity index (χ0n) is 14.6. The van der Waals surface area contributed by atoms with Gasteiger partial charge in [0.05, 0.1) is 30.3 Å². The summed E-state index contributed by atoms with van der Waals surface area (Å²) < 4.78 is 10.8. The van der Waals surface area contributed by atoms with Crippen LogP contribution in [-0.2, 0) is 4.74 Å². The van der Waals surface area contributed by atoms with E-state index in [-0.39, 0.29) is 34.3 Å². The Morgan fingerprint density at radius 3 is 2.41 bits per heavy atom. The SMILES string of the molecule is COC1=CC=C[C@@]23[C@H]4[C@H]5[C@@H]6[C@@H]5[C@H]2n2c(=O)n(-c5ccccc5)c(=O)n2[C@@H]6[C@]143. The summed E-state index contributed by atoms with van der Waals surface area (Å²) in [7, 11) is 1.74. The molecular weight excluding hydrogens is 342 g/mol. The molecule has 0 unspecified atom stereocenters. The lowest BCUT2D eigenvalue weighted by Crippen LogP contribution is -2.53. The van der Waals surface area contributed by atoms with Gasteiger partial charge in [-0.2, -0.15) is 0 Å². The lowest BCUT2D eigenvalue weighted by atomic mass is 9.68. The van der Waals surface area contributed by atoms with Crippen molar-refractivity contribution >= 4 is 0 Å². The van der Waals surface area contributed by atoms with Crippen LogP contribution in [0.15, 0.2) is 63.9 Å². The second kappa shape index (κ2) is 3.51. The molecule has 2 spiro atoms. The third-order valence-corrected chi connectivity index (χ3v) is 8.70. The molecule has 5 aliphatic carbocycles. The summed E-state index contributed by atoms with van der Waals surface area (Å²) in [5, 5.41) is 0. The Bertz CT molecular complexity index is 1260. The predicted octanol–water partition coefficient (Wildman–Crippen LogP) is 1.49. The van der Waals surface area contributed by atoms with Crippen molar-refractivity contribution < 1.29 is 4.74 Å². The molecule has 1 aromatic heterocycles. The van der Waals surface area contributed by atoms with Gasteiger partial charge in [0.1, 0.15) is 5.76 Å². The second-order valence-corrected chi connectivity index (χ2v) is 8.92. The van der Waals surface area contributed by atoms with Gasteiger partial charge in [-0.3, -0.25) is 0 Å². The number of para-hydroxylation sites is 1. The minimum absolute atomic E-state index is 0.0268. The molecule has 9 rings (SSSR count). The van der Waals surface area contributed by atoms with Crippen molar-refractivity contribution in [1.29, 1.82) is 0 Å². The first-order valence-corrected chi connectivity index (χ1v) is 9.66. The first kappa shape index (κ1) is 13.4. The van der Waals surface area contributed by atoms with Gasteiger partial charge < -0.3 is 4.74 Å². The van der Waals surface area contributed by atoms with Crippen molar-refractivity contribution in [3.05, 3.63) is 75.3 Å². The number of hydrogen-bond acceptors (Lipinski definition) is 3. The van der Waals surface area contributed by atoms with Crippen molar-refractivity contribution in [2.75, 3.05) is 7.11 Å². The molecule has 2 aromatic rings. The molecule has 0 amide bonds. The molecule has 8 atom stereocenters. The van der Waals surface area contributed by atoms with Crippen LogP contribution in [0.25, 0.3) is 5.69 Å². The molecule has 2 bridgehead atoms. The summed E-state index contributed by atoms with van der Waals surface area (Å²) in [6, 6.07) is 9.41. The summed E-state index contributed by atoms with van der Waals surface area (Å²) in [6.07, 6.45) is 6.49. The molecule has 27 heavy (non-hydrogen) atoms. The van der Waals surface area contributed by atoms with E-state index in [0.717, 1.165) is 5.76 Å². The summed E-state index contributed by atoms with van der Waals surface area (Å²) in [4.78, 5) is 26.9. The monoisotopic (exact) mass is 359 g/mol. The number of hydrogen-bond donors (Lipinski definition) is 0. The van der Waals surface area contributed by atoms with Gasteiger partial charge in [-0.25, -0.2) is 23.5 Å². The van der Waals surface area contributed by atoms with E-state index in [1.807, 2.05) is 35.0 Å². The van der Waals surface area contributed by atoms with Gasteiger partial charge in [0.25, 0.3) is 0 Å². The molecule has 0 radical (unpaired) electrons. The predicted molar refractivity (Wildman–Crippen MR) is 95.4 cm³/mol. The lowest BCUT2D eigenvalue weighted by molar-refractivity contribution is 0.0119. The van der Waals surface area contributed by atoms with Crippen LogP contribution in [-0.4, -0.2) is 21.0 Å². The van der Waals surface area contributed by atoms with Crippen LogP contribution in [0.4, 0.5) is 0 Å². The van der Waals surface area contributed by atoms with Gasteiger partial charge >= 0.3 is 11.4 Å². The van der Waals surface area contributed by atoms with E-state index in [4.69, 9.17) is 4.74 Å². The van der Waals surface area contributed by atoms with E-state index in [2.05, 4.69) is 18.2 Å². The molecule has 3 heterocycles. The second-order valence-electron chi connectivity index (χ2n) is 8.92. The fraction of sp³-hybridized carbons (Fsp3) is 0.429. The molecule has 1 aromatic carbocycles. The van der Waals surface area contributed by atoms with Crippen molar-refractivity contribution in [1.82, 2.24) is 13.9 Å². The lowest BCUT2D eigenvalue weighted by Gasteiger charge is -2.48. The molecule has 4 fully saturated rings. The molecule has 6 heteroatoms. The first-order chi connectivity index (χ1) is 13.2. The zero-order chi connectivity index (χ0) is 17.9. The topological polar surface area (TPSA) is 58.2 Å². The highest BCUT2D eigenvalue weighted by atomic mass is 16.5. The number of aromatic nitrogens is 3. The highest BCUT2D eigenvalue weighted by Crippen LogP contribution is 3.04. The Morgan fingerprint density at radius 1 is 0.963 bits per heavy atom. The molecule has 0 N–H and O–H groups in total. The van der Waals surface area contributed by atoms with E-state index in [1.165, 1.54) is 4.57 Å². The number of allylic oxidation sites excluding steroid dienone is 4. The van der Waals surface area contributed by atoms with E-state index < -0.39 is 0 Å². The number of ether oxygens (including phenoxy) is 1. The largest absolute Gasteiger partial charge is 0.500 e. The fourth-order valence-electron chi connectivity index (χ4n) is 8.38. The normalized spacial score (nSPS) is 47.4. The van der Waals surface area contributed by atoms with Crippen LogP contribution in [0.1, 0.15) is 12.1 Å². The number of methoxy groups -OCH3 is 1. The van der Waals surface area contributed by atoms with E-state index in [0.29, 0.717) is 29.4 Å². The maximum Gasteiger partial charge on any atom is 0.352 e. The van der Waals surface area contributed by atoms with E-state index in [1.54, 1.807) is 11.8 Å². The van der Waals surface area contributed by atoms with Crippen molar-refractivity contribution in [2.24, 2.45) is 34.5 Å². The van der Waals surface area contributed by atoms with Gasteiger partial charge in [0, 0.05) is 5.41 Å². The minimum Gasteiger partial charge on any atom is -0.500 e. The Hall–Kier alpha value is -2.76. The van der Waals surface area contributed by atoms with E-state index in [9.17, 15) is 9.59 Å². The van der Waals surface area contributed by atoms with Crippen LogP contribution in [0.5, 0.6) is 0 Å². The molecule has 0 saturated heterocycles. The van der Waals surface area contributed by atoms with Gasteiger partial charge in [-0.05, 0) is 41.9 Å². The van der Waals surface area contributed by atoms with Crippen LogP contribution in [0.2, 0.25) is 0 Å². The third kappa shape index (κ3) is 0.947. The van der Waals surface area contributed by atoms with Crippen LogP contribution in [0.3, 0.4) is 0 Å². The number of rotatable bonds is 2. The van der Waals surface area contributed by atoms with Crippen molar-refractivity contribution in [2.45, 2.75) is 12.1 Å². The molecule has 134 valence electrons. The maximum absolute atomic E-state index is 13.5. The Kier molecular flexibility index (Phi) is 1.74. The minimum atomic E-state index is -0.203. The van der Waals surface area contributed by atoms with E-state index >= 15 is 0 Å². The van der Waals surface area contributed by atoms with Crippen molar-refractivity contribution in [3.8, 4) is 5.69 Å². The van der Waals surface area contributed by atoms with Crippen LogP contribution >= 0.6 is 0 Å². The van der Waals surface area contributed by atoms with Gasteiger partial charge in [-0.15, -0.1) is 0 Å². The molecule has 7 aliphatic rings. The summed E-state index contributed by atoms with van der Waals surface area (Å²) in [5.74, 6) is 3.24. The van der Waals surface area contributed by atoms with Crippen molar-refractivity contribution in [3.63, 3.8) is 0 Å². The van der Waals surface area contributed by atoms with Crippen LogP contribution < -0.4 is 11.4 Å². The van der Waals surface area contributed by atoms with Gasteiger partial charge in [0.15, 0.2) is 0 Å². The standard InChI is InChI=1S/C21H17N3O3/c1-27-11-8-5-9-20-15-12-13-14(12)17(21(11,15)20)24-19(26)22(10-6-3-2-4-7-10)18(25)23(24)16(13)20/h2-9,12-17H,1H3/t12-,13-,14-,15-,16-,17+,20-,21+/m1/s1. The maximum atomic E-state index is 13.5. The van der Waals surface area contributed by atoms with Gasteiger partial charge in [0.2, 0.25) is 0 Å². The number of nitrogens with zero attached hydrogens (tertiary/aromatic N) is 3. The average molecular weight is 359 g/mol. The summed E-state index contributed by atoms with van der Waals surface area (Å²) >= 11 is 0. The van der Waals surface area contributed by atoms with Crippen LogP contribution in [0, 0.1) is 34.5 Å². The average Bonchev–Trinajstić information content (AvgIpc) is 3.46. The fourth-order valence-corrected chi connectivity index (χ4v) is 8.38. The Labute approximate surface area is 154 Å². The Balaban J connectivity index is 1.48. The quantitative estimate of drug-likeness (QED) is 0.816. The highest BCUT2D eigenvalue weighted by Gasteiger charge is 3.04. The highest BCUT2D eigenvalue weighted by molar-refractivity contribution is 5.59. The zero-order valence-corrected chi connectivity index (χ0v) is 14.6. The smallest absolute Gasteiger partial charge is 0.352 e. The molecule has 6 nitrogen and oxygen atoms in total. The number of benzene rings is 1. The first-order valence-electron chi connectivity index (χ1n) is 9.66. The summed E-state index contributed by atoms with van der Waals surface area (Å²) in [5.41, 5.74) is 0.117. The summed E-state index contributed by atoms with van der Waals surface area (Å²) in [6.45, 7) is 0. The molecule has 2 aliphatic heterocycles. The molecule has 4 saturated carbocycles. The Morgan fingerprint density at radius 2 is 1.67 bits per heavy atom.